The molecule has 2 amide bonds. The third-order valence-electron chi connectivity index (χ3n) is 5.74. The number of hydrogen-bond acceptors (Lipinski definition) is 3. The Balaban J connectivity index is 1.52. The van der Waals surface area contributed by atoms with Gasteiger partial charge in [-0.05, 0) is 48.0 Å². The van der Waals surface area contributed by atoms with Gasteiger partial charge in [-0.25, -0.2) is 4.39 Å². The maximum atomic E-state index is 13.4. The minimum absolute atomic E-state index is 0.0217. The highest BCUT2D eigenvalue weighted by Gasteiger charge is 2.67. The summed E-state index contributed by atoms with van der Waals surface area (Å²) >= 11 is 18.7. The van der Waals surface area contributed by atoms with Gasteiger partial charge in [-0.15, -0.1) is 23.2 Å². The second kappa shape index (κ2) is 9.86. The van der Waals surface area contributed by atoms with Crippen molar-refractivity contribution in [3.05, 3.63) is 93.8 Å². The molecule has 12 heteroatoms. The van der Waals surface area contributed by atoms with Crippen LogP contribution in [0.1, 0.15) is 33.0 Å². The van der Waals surface area contributed by atoms with Crippen molar-refractivity contribution in [2.24, 2.45) is 5.92 Å². The summed E-state index contributed by atoms with van der Waals surface area (Å²) in [6.07, 6.45) is -4.58. The highest BCUT2D eigenvalue weighted by atomic mass is 35.5. The van der Waals surface area contributed by atoms with Crippen LogP contribution in [-0.2, 0) is 11.0 Å². The largest absolute Gasteiger partial charge is 0.416 e. The van der Waals surface area contributed by atoms with E-state index in [1.54, 1.807) is 6.07 Å². The summed E-state index contributed by atoms with van der Waals surface area (Å²) < 4.78 is 51.0. The summed E-state index contributed by atoms with van der Waals surface area (Å²) in [6, 6.07) is 13.4. The number of benzene rings is 3. The van der Waals surface area contributed by atoms with Crippen LogP contribution in [0.3, 0.4) is 0 Å². The second-order valence-corrected chi connectivity index (χ2v) is 10.0. The number of nitriles is 1. The number of hydrogen-bond donors (Lipinski definition) is 2. The lowest BCUT2D eigenvalue weighted by atomic mass is 10.1. The molecule has 0 heterocycles. The van der Waals surface area contributed by atoms with Crippen molar-refractivity contribution in [1.82, 2.24) is 0 Å². The predicted molar refractivity (Wildman–Crippen MR) is 131 cm³/mol. The summed E-state index contributed by atoms with van der Waals surface area (Å²) in [4.78, 5) is 25.7. The molecule has 2 atom stereocenters. The van der Waals surface area contributed by atoms with Crippen LogP contribution in [0.2, 0.25) is 5.02 Å². The molecule has 2 unspecified atom stereocenters. The lowest BCUT2D eigenvalue weighted by molar-refractivity contribution is -0.137. The average molecular weight is 571 g/mol. The highest BCUT2D eigenvalue weighted by molar-refractivity contribution is 6.53. The molecule has 3 aromatic carbocycles. The normalized spacial score (nSPS) is 18.0. The van der Waals surface area contributed by atoms with Gasteiger partial charge in [0.15, 0.2) is 0 Å². The van der Waals surface area contributed by atoms with Gasteiger partial charge in [-0.2, -0.15) is 18.4 Å². The van der Waals surface area contributed by atoms with Gasteiger partial charge in [-0.3, -0.25) is 9.59 Å². The van der Waals surface area contributed by atoms with Crippen molar-refractivity contribution < 1.29 is 27.2 Å². The molecule has 0 saturated heterocycles. The van der Waals surface area contributed by atoms with Crippen LogP contribution < -0.4 is 10.6 Å². The Bertz CT molecular complexity index is 1450. The van der Waals surface area contributed by atoms with Crippen molar-refractivity contribution in [2.75, 3.05) is 10.6 Å². The van der Waals surface area contributed by atoms with Crippen molar-refractivity contribution in [3.8, 4) is 6.07 Å². The fourth-order valence-electron chi connectivity index (χ4n) is 3.88. The van der Waals surface area contributed by atoms with E-state index in [-0.39, 0.29) is 33.1 Å². The Morgan fingerprint density at radius 3 is 2.41 bits per heavy atom. The standard InChI is InChI=1S/C25H14Cl3F4N3O2/c26-18-6-5-16(10-17(18)22(36)35-19-7-4-15(29)9-13(19)11-33)34-23(37)21-20(24(21,27)28)12-2-1-3-14(8-12)25(30,31)32/h1-10,20-21H,(H,34,37)(H,35,36). The van der Waals surface area contributed by atoms with Crippen LogP contribution in [0.5, 0.6) is 0 Å². The molecule has 0 radical (unpaired) electrons. The van der Waals surface area contributed by atoms with E-state index < -0.39 is 45.5 Å². The third kappa shape index (κ3) is 5.52. The first kappa shape index (κ1) is 26.7. The summed E-state index contributed by atoms with van der Waals surface area (Å²) in [5.74, 6) is -4.02. The summed E-state index contributed by atoms with van der Waals surface area (Å²) in [5.41, 5.74) is -0.726. The van der Waals surface area contributed by atoms with Crippen molar-refractivity contribution in [3.63, 3.8) is 0 Å². The Labute approximate surface area is 222 Å². The van der Waals surface area contributed by atoms with Crippen molar-refractivity contribution >= 4 is 58.0 Å². The van der Waals surface area contributed by atoms with Crippen LogP contribution in [0.25, 0.3) is 0 Å². The first-order chi connectivity index (χ1) is 17.3. The van der Waals surface area contributed by atoms with E-state index in [9.17, 15) is 27.2 Å². The summed E-state index contributed by atoms with van der Waals surface area (Å²) in [7, 11) is 0. The van der Waals surface area contributed by atoms with E-state index in [0.717, 1.165) is 24.3 Å². The number of nitrogens with zero attached hydrogens (tertiary/aromatic N) is 1. The first-order valence-corrected chi connectivity index (χ1v) is 11.6. The van der Waals surface area contributed by atoms with Crippen LogP contribution in [0, 0.1) is 23.1 Å². The fourth-order valence-corrected chi connectivity index (χ4v) is 4.91. The SMILES string of the molecule is N#Cc1cc(F)ccc1NC(=O)c1cc(NC(=O)C2C(c3cccc(C(F)(F)F)c3)C2(Cl)Cl)ccc1Cl. The van der Waals surface area contributed by atoms with Gasteiger partial charge >= 0.3 is 6.18 Å². The maximum absolute atomic E-state index is 13.4. The minimum Gasteiger partial charge on any atom is -0.326 e. The third-order valence-corrected chi connectivity index (χ3v) is 7.01. The molecule has 0 spiro atoms. The molecule has 37 heavy (non-hydrogen) atoms. The molecule has 1 aliphatic carbocycles. The molecule has 5 nitrogen and oxygen atoms in total. The number of nitrogens with one attached hydrogen (secondary N) is 2. The highest BCUT2D eigenvalue weighted by Crippen LogP contribution is 2.65. The molecular formula is C25H14Cl3F4N3O2. The van der Waals surface area contributed by atoms with Crippen LogP contribution in [0.15, 0.2) is 60.7 Å². The Morgan fingerprint density at radius 2 is 1.73 bits per heavy atom. The molecule has 0 aromatic heterocycles. The molecule has 0 aliphatic heterocycles. The number of amides is 2. The van der Waals surface area contributed by atoms with E-state index >= 15 is 0 Å². The summed E-state index contributed by atoms with van der Waals surface area (Å²) in [5, 5.41) is 14.2. The Hall–Kier alpha value is -3.32. The van der Waals surface area contributed by atoms with Crippen molar-refractivity contribution in [2.45, 2.75) is 16.4 Å². The Kier molecular flexibility index (Phi) is 7.12. The van der Waals surface area contributed by atoms with E-state index in [1.807, 2.05) is 0 Å². The van der Waals surface area contributed by atoms with E-state index in [1.165, 1.54) is 36.4 Å². The van der Waals surface area contributed by atoms with Gasteiger partial charge in [0.1, 0.15) is 16.2 Å². The smallest absolute Gasteiger partial charge is 0.326 e. The van der Waals surface area contributed by atoms with Gasteiger partial charge in [0, 0.05) is 11.6 Å². The monoisotopic (exact) mass is 569 g/mol. The lowest BCUT2D eigenvalue weighted by Crippen LogP contribution is -2.18. The van der Waals surface area contributed by atoms with Crippen LogP contribution in [-0.4, -0.2) is 16.1 Å². The first-order valence-electron chi connectivity index (χ1n) is 10.5. The number of alkyl halides is 5. The quantitative estimate of drug-likeness (QED) is 0.253. The molecule has 2 N–H and O–H groups in total. The molecule has 1 fully saturated rings. The maximum Gasteiger partial charge on any atom is 0.416 e. The van der Waals surface area contributed by atoms with Crippen molar-refractivity contribution in [1.29, 1.82) is 5.26 Å². The zero-order valence-electron chi connectivity index (χ0n) is 18.3. The number of carbonyl (C=O) groups is 2. The number of halogens is 7. The topological polar surface area (TPSA) is 82.0 Å². The Morgan fingerprint density at radius 1 is 1.00 bits per heavy atom. The van der Waals surface area contributed by atoms with E-state index in [4.69, 9.17) is 40.1 Å². The van der Waals surface area contributed by atoms with Gasteiger partial charge in [0.25, 0.3) is 5.91 Å². The molecule has 0 bridgehead atoms. The van der Waals surface area contributed by atoms with E-state index in [0.29, 0.717) is 0 Å². The molecule has 3 aromatic rings. The predicted octanol–water partition coefficient (Wildman–Crippen LogP) is 7.15. The molecular weight excluding hydrogens is 557 g/mol. The number of rotatable bonds is 5. The molecule has 190 valence electrons. The second-order valence-electron chi connectivity index (χ2n) is 8.19. The van der Waals surface area contributed by atoms with Crippen LogP contribution >= 0.6 is 34.8 Å². The zero-order chi connectivity index (χ0) is 27.1. The van der Waals surface area contributed by atoms with E-state index in [2.05, 4.69) is 10.6 Å². The number of anilines is 2. The average Bonchev–Trinajstić information content (AvgIpc) is 3.42. The van der Waals surface area contributed by atoms with Gasteiger partial charge < -0.3 is 10.6 Å². The molecule has 4 rings (SSSR count). The van der Waals surface area contributed by atoms with Gasteiger partial charge in [0.05, 0.1) is 33.3 Å². The summed E-state index contributed by atoms with van der Waals surface area (Å²) in [6.45, 7) is 0. The van der Waals surface area contributed by atoms with Gasteiger partial charge in [0.2, 0.25) is 5.91 Å². The zero-order valence-corrected chi connectivity index (χ0v) is 20.6. The fraction of sp³-hybridized carbons (Fsp3) is 0.160. The lowest BCUT2D eigenvalue weighted by Gasteiger charge is -2.11. The molecule has 1 saturated carbocycles. The minimum atomic E-state index is -4.58. The molecule has 1 aliphatic rings. The van der Waals surface area contributed by atoms with Gasteiger partial charge in [-0.1, -0.05) is 29.8 Å². The number of carbonyl (C=O) groups excluding carboxylic acids is 2. The van der Waals surface area contributed by atoms with Crippen LogP contribution in [0.4, 0.5) is 28.9 Å².